The normalized spacial score (nSPS) is 12.6. The summed E-state index contributed by atoms with van der Waals surface area (Å²) < 4.78 is 0. The molecule has 2 aromatic rings. The quantitative estimate of drug-likeness (QED) is 0.828. The number of rotatable bonds is 4. The predicted octanol–water partition coefficient (Wildman–Crippen LogP) is 3.97. The standard InChI is InChI=1S/C14H17ClN2/c1-10-9-12-5-3-4-6-13(12)17-14(10)16-8-7-11(2)15/h3-6,9,11H,7-8H2,1-2H3,(H,16,17). The minimum absolute atomic E-state index is 0.197. The van der Waals surface area contributed by atoms with Crippen molar-refractivity contribution in [2.45, 2.75) is 25.6 Å². The lowest BCUT2D eigenvalue weighted by molar-refractivity contribution is 0.839. The molecule has 3 heteroatoms. The number of nitrogens with zero attached hydrogens (tertiary/aromatic N) is 1. The number of para-hydroxylation sites is 1. The number of halogens is 1. The molecule has 1 unspecified atom stereocenters. The van der Waals surface area contributed by atoms with Crippen LogP contribution >= 0.6 is 11.6 Å². The molecule has 0 bridgehead atoms. The van der Waals surface area contributed by atoms with Gasteiger partial charge in [-0.25, -0.2) is 4.98 Å². The first kappa shape index (κ1) is 12.2. The fourth-order valence-electron chi connectivity index (χ4n) is 1.79. The van der Waals surface area contributed by atoms with Crippen LogP contribution in [-0.4, -0.2) is 16.9 Å². The Balaban J connectivity index is 2.19. The van der Waals surface area contributed by atoms with Gasteiger partial charge in [-0.15, -0.1) is 11.6 Å². The molecule has 2 rings (SSSR count). The third-order valence-corrected chi connectivity index (χ3v) is 2.97. The zero-order valence-electron chi connectivity index (χ0n) is 10.2. The van der Waals surface area contributed by atoms with Crippen LogP contribution in [0.15, 0.2) is 30.3 Å². The van der Waals surface area contributed by atoms with Gasteiger partial charge in [-0.1, -0.05) is 18.2 Å². The highest BCUT2D eigenvalue weighted by Crippen LogP contribution is 2.19. The molecule has 90 valence electrons. The zero-order chi connectivity index (χ0) is 12.3. The van der Waals surface area contributed by atoms with E-state index in [1.165, 1.54) is 10.9 Å². The molecule has 1 heterocycles. The number of benzene rings is 1. The van der Waals surface area contributed by atoms with Crippen molar-refractivity contribution in [3.05, 3.63) is 35.9 Å². The smallest absolute Gasteiger partial charge is 0.129 e. The van der Waals surface area contributed by atoms with Crippen molar-refractivity contribution in [2.75, 3.05) is 11.9 Å². The van der Waals surface area contributed by atoms with Gasteiger partial charge in [-0.05, 0) is 38.0 Å². The van der Waals surface area contributed by atoms with Gasteiger partial charge in [-0.3, -0.25) is 0 Å². The maximum atomic E-state index is 5.92. The van der Waals surface area contributed by atoms with Crippen LogP contribution in [0.3, 0.4) is 0 Å². The Bertz CT molecular complexity index is 509. The average Bonchev–Trinajstić information content (AvgIpc) is 2.29. The summed E-state index contributed by atoms with van der Waals surface area (Å²) in [5.74, 6) is 0.959. The Hall–Kier alpha value is -1.28. The van der Waals surface area contributed by atoms with Crippen molar-refractivity contribution in [1.82, 2.24) is 4.98 Å². The monoisotopic (exact) mass is 248 g/mol. The van der Waals surface area contributed by atoms with Crippen LogP contribution in [0.4, 0.5) is 5.82 Å². The first-order chi connectivity index (χ1) is 8.16. The molecule has 0 saturated heterocycles. The molecule has 1 aromatic heterocycles. The molecule has 0 saturated carbocycles. The molecule has 0 spiro atoms. The molecular formula is C14H17ClN2. The number of pyridine rings is 1. The molecular weight excluding hydrogens is 232 g/mol. The molecule has 17 heavy (non-hydrogen) atoms. The lowest BCUT2D eigenvalue weighted by atomic mass is 10.1. The third kappa shape index (κ3) is 3.10. The number of anilines is 1. The second kappa shape index (κ2) is 5.37. The average molecular weight is 249 g/mol. The molecule has 1 atom stereocenters. The van der Waals surface area contributed by atoms with E-state index in [1.54, 1.807) is 0 Å². The lowest BCUT2D eigenvalue weighted by Gasteiger charge is -2.10. The number of aromatic nitrogens is 1. The van der Waals surface area contributed by atoms with Crippen LogP contribution in [0.25, 0.3) is 10.9 Å². The fourth-order valence-corrected chi connectivity index (χ4v) is 1.90. The van der Waals surface area contributed by atoms with Gasteiger partial charge in [-0.2, -0.15) is 0 Å². The Morgan fingerprint density at radius 1 is 1.35 bits per heavy atom. The Morgan fingerprint density at radius 3 is 2.88 bits per heavy atom. The largest absolute Gasteiger partial charge is 0.370 e. The van der Waals surface area contributed by atoms with E-state index in [4.69, 9.17) is 11.6 Å². The van der Waals surface area contributed by atoms with Gasteiger partial charge in [0.2, 0.25) is 0 Å². The fraction of sp³-hybridized carbons (Fsp3) is 0.357. The van der Waals surface area contributed by atoms with Gasteiger partial charge >= 0.3 is 0 Å². The molecule has 0 amide bonds. The molecule has 1 N–H and O–H groups in total. The molecule has 0 aliphatic carbocycles. The Labute approximate surface area is 107 Å². The van der Waals surface area contributed by atoms with E-state index in [1.807, 2.05) is 25.1 Å². The highest BCUT2D eigenvalue weighted by atomic mass is 35.5. The molecule has 0 radical (unpaired) electrons. The van der Waals surface area contributed by atoms with Crippen molar-refractivity contribution >= 4 is 28.3 Å². The summed E-state index contributed by atoms with van der Waals surface area (Å²) in [7, 11) is 0. The number of fused-ring (bicyclic) bond motifs is 1. The summed E-state index contributed by atoms with van der Waals surface area (Å²) in [6, 6.07) is 10.3. The first-order valence-corrected chi connectivity index (χ1v) is 6.35. The van der Waals surface area contributed by atoms with Gasteiger partial charge in [0.25, 0.3) is 0 Å². The lowest BCUT2D eigenvalue weighted by Crippen LogP contribution is -2.08. The summed E-state index contributed by atoms with van der Waals surface area (Å²) in [6.45, 7) is 4.94. The van der Waals surface area contributed by atoms with Crippen LogP contribution in [0, 0.1) is 6.92 Å². The SMILES string of the molecule is Cc1cc2ccccc2nc1NCCC(C)Cl. The van der Waals surface area contributed by atoms with E-state index in [0.717, 1.165) is 24.3 Å². The van der Waals surface area contributed by atoms with Crippen molar-refractivity contribution in [3.63, 3.8) is 0 Å². The van der Waals surface area contributed by atoms with E-state index < -0.39 is 0 Å². The summed E-state index contributed by atoms with van der Waals surface area (Å²) in [4.78, 5) is 4.62. The molecule has 0 fully saturated rings. The molecule has 0 aliphatic rings. The number of nitrogens with one attached hydrogen (secondary N) is 1. The van der Waals surface area contributed by atoms with Crippen LogP contribution < -0.4 is 5.32 Å². The predicted molar refractivity (Wildman–Crippen MR) is 74.9 cm³/mol. The van der Waals surface area contributed by atoms with Gasteiger partial charge < -0.3 is 5.32 Å². The number of alkyl halides is 1. The van der Waals surface area contributed by atoms with Crippen molar-refractivity contribution in [2.24, 2.45) is 0 Å². The number of aryl methyl sites for hydroxylation is 1. The summed E-state index contributed by atoms with van der Waals surface area (Å²) >= 11 is 5.92. The highest BCUT2D eigenvalue weighted by molar-refractivity contribution is 6.20. The number of hydrogen-bond acceptors (Lipinski definition) is 2. The van der Waals surface area contributed by atoms with Gasteiger partial charge in [0.1, 0.15) is 5.82 Å². The molecule has 1 aromatic carbocycles. The van der Waals surface area contributed by atoms with E-state index in [-0.39, 0.29) is 5.38 Å². The number of hydrogen-bond donors (Lipinski definition) is 1. The van der Waals surface area contributed by atoms with Crippen molar-refractivity contribution < 1.29 is 0 Å². The minimum atomic E-state index is 0.197. The third-order valence-electron chi connectivity index (χ3n) is 2.75. The molecule has 2 nitrogen and oxygen atoms in total. The van der Waals surface area contributed by atoms with E-state index in [2.05, 4.69) is 29.4 Å². The van der Waals surface area contributed by atoms with Crippen LogP contribution in [0.1, 0.15) is 18.9 Å². The Kier molecular flexibility index (Phi) is 3.85. The van der Waals surface area contributed by atoms with Crippen molar-refractivity contribution in [3.8, 4) is 0 Å². The van der Waals surface area contributed by atoms with E-state index in [0.29, 0.717) is 0 Å². The summed E-state index contributed by atoms with van der Waals surface area (Å²) in [6.07, 6.45) is 0.940. The highest BCUT2D eigenvalue weighted by Gasteiger charge is 2.03. The van der Waals surface area contributed by atoms with Crippen molar-refractivity contribution in [1.29, 1.82) is 0 Å². The summed E-state index contributed by atoms with van der Waals surface area (Å²) in [5, 5.41) is 4.72. The first-order valence-electron chi connectivity index (χ1n) is 5.91. The maximum Gasteiger partial charge on any atom is 0.129 e. The van der Waals surface area contributed by atoms with E-state index in [9.17, 15) is 0 Å². The topological polar surface area (TPSA) is 24.9 Å². The van der Waals surface area contributed by atoms with Crippen LogP contribution in [0.5, 0.6) is 0 Å². The minimum Gasteiger partial charge on any atom is -0.370 e. The van der Waals surface area contributed by atoms with Gasteiger partial charge in [0, 0.05) is 17.3 Å². The second-order valence-corrected chi connectivity index (χ2v) is 5.09. The van der Waals surface area contributed by atoms with Gasteiger partial charge in [0.05, 0.1) is 5.52 Å². The maximum absolute atomic E-state index is 5.92. The second-order valence-electron chi connectivity index (χ2n) is 4.34. The van der Waals surface area contributed by atoms with Gasteiger partial charge in [0.15, 0.2) is 0 Å². The van der Waals surface area contributed by atoms with Crippen LogP contribution in [-0.2, 0) is 0 Å². The van der Waals surface area contributed by atoms with Crippen LogP contribution in [0.2, 0.25) is 0 Å². The van der Waals surface area contributed by atoms with E-state index >= 15 is 0 Å². The summed E-state index contributed by atoms with van der Waals surface area (Å²) in [5.41, 5.74) is 2.20. The Morgan fingerprint density at radius 2 is 2.12 bits per heavy atom. The zero-order valence-corrected chi connectivity index (χ0v) is 11.0. The molecule has 0 aliphatic heterocycles.